The first-order chi connectivity index (χ1) is 12.5. The predicted molar refractivity (Wildman–Crippen MR) is 103 cm³/mol. The number of rotatable bonds is 5. The fourth-order valence-electron chi connectivity index (χ4n) is 2.49. The van der Waals surface area contributed by atoms with Crippen LogP contribution in [0.2, 0.25) is 0 Å². The van der Waals surface area contributed by atoms with Gasteiger partial charge in [0, 0.05) is 22.7 Å². The van der Waals surface area contributed by atoms with E-state index in [0.717, 1.165) is 29.7 Å². The lowest BCUT2D eigenvalue weighted by molar-refractivity contribution is -0.119. The number of benzene rings is 2. The van der Waals surface area contributed by atoms with E-state index >= 15 is 0 Å². The molecule has 0 bridgehead atoms. The summed E-state index contributed by atoms with van der Waals surface area (Å²) in [5.41, 5.74) is 2.70. The molecule has 0 aliphatic carbocycles. The van der Waals surface area contributed by atoms with E-state index in [1.807, 2.05) is 37.3 Å². The Balaban J connectivity index is 2.14. The van der Waals surface area contributed by atoms with Crippen LogP contribution < -0.4 is 5.32 Å². The molecule has 0 radical (unpaired) electrons. The molecule has 134 valence electrons. The fourth-order valence-corrected chi connectivity index (χ4v) is 2.49. The second kappa shape index (κ2) is 9.43. The van der Waals surface area contributed by atoms with E-state index in [2.05, 4.69) is 24.1 Å². The van der Waals surface area contributed by atoms with Gasteiger partial charge in [-0.1, -0.05) is 44.2 Å². The van der Waals surface area contributed by atoms with Crippen LogP contribution in [0.4, 0.5) is 5.69 Å². The standard InChI is InChI=1S/C22H23NO3/c1-4-7-16(2)21(24)23-20-11-6-9-18(15-20)13-12-17-8-5-10-19(14-17)22(25)26-3/h5-6,8-11,14-16H,4,7H2,1-3H3,(H,23,24). The van der Waals surface area contributed by atoms with Gasteiger partial charge in [-0.05, 0) is 42.8 Å². The molecular formula is C22H23NO3. The van der Waals surface area contributed by atoms with Gasteiger partial charge < -0.3 is 10.1 Å². The third-order valence-corrected chi connectivity index (χ3v) is 3.93. The molecule has 0 aliphatic rings. The molecule has 0 saturated heterocycles. The number of hydrogen-bond acceptors (Lipinski definition) is 3. The van der Waals surface area contributed by atoms with Crippen LogP contribution >= 0.6 is 0 Å². The second-order valence-electron chi connectivity index (χ2n) is 6.08. The molecule has 0 saturated carbocycles. The molecule has 2 aromatic rings. The van der Waals surface area contributed by atoms with Crippen LogP contribution in [0.3, 0.4) is 0 Å². The molecule has 1 atom stereocenters. The molecular weight excluding hydrogens is 326 g/mol. The minimum Gasteiger partial charge on any atom is -0.465 e. The molecule has 0 aliphatic heterocycles. The van der Waals surface area contributed by atoms with Crippen molar-refractivity contribution < 1.29 is 14.3 Å². The molecule has 2 rings (SSSR count). The van der Waals surface area contributed by atoms with Gasteiger partial charge in [0.05, 0.1) is 12.7 Å². The Kier molecular flexibility index (Phi) is 6.99. The number of hydrogen-bond donors (Lipinski definition) is 1. The van der Waals surface area contributed by atoms with Crippen LogP contribution in [0, 0.1) is 17.8 Å². The Morgan fingerprint density at radius 1 is 1.08 bits per heavy atom. The highest BCUT2D eigenvalue weighted by Crippen LogP contribution is 2.14. The van der Waals surface area contributed by atoms with Crippen LogP contribution in [0.15, 0.2) is 48.5 Å². The number of nitrogens with one attached hydrogen (secondary N) is 1. The summed E-state index contributed by atoms with van der Waals surface area (Å²) in [6.45, 7) is 3.99. The van der Waals surface area contributed by atoms with E-state index in [0.29, 0.717) is 5.56 Å². The Bertz CT molecular complexity index is 846. The number of anilines is 1. The Hall–Kier alpha value is -3.06. The maximum atomic E-state index is 12.1. The van der Waals surface area contributed by atoms with Crippen molar-refractivity contribution in [3.8, 4) is 11.8 Å². The van der Waals surface area contributed by atoms with Crippen LogP contribution in [0.5, 0.6) is 0 Å². The van der Waals surface area contributed by atoms with E-state index in [1.54, 1.807) is 18.2 Å². The van der Waals surface area contributed by atoms with Crippen molar-refractivity contribution in [2.24, 2.45) is 5.92 Å². The Morgan fingerprint density at radius 2 is 1.73 bits per heavy atom. The van der Waals surface area contributed by atoms with Gasteiger partial charge >= 0.3 is 5.97 Å². The monoisotopic (exact) mass is 349 g/mol. The normalized spacial score (nSPS) is 11.0. The summed E-state index contributed by atoms with van der Waals surface area (Å²) < 4.78 is 4.72. The molecule has 4 nitrogen and oxygen atoms in total. The molecule has 26 heavy (non-hydrogen) atoms. The summed E-state index contributed by atoms with van der Waals surface area (Å²) in [5.74, 6) is 5.70. The van der Waals surface area contributed by atoms with Crippen molar-refractivity contribution >= 4 is 17.6 Å². The minimum absolute atomic E-state index is 0.0164. The average molecular weight is 349 g/mol. The van der Waals surface area contributed by atoms with E-state index in [-0.39, 0.29) is 17.8 Å². The third-order valence-electron chi connectivity index (χ3n) is 3.93. The minimum atomic E-state index is -0.389. The quantitative estimate of drug-likeness (QED) is 0.648. The maximum Gasteiger partial charge on any atom is 0.337 e. The lowest BCUT2D eigenvalue weighted by atomic mass is 10.1. The van der Waals surface area contributed by atoms with Crippen LogP contribution in [-0.2, 0) is 9.53 Å². The van der Waals surface area contributed by atoms with Crippen molar-refractivity contribution in [2.75, 3.05) is 12.4 Å². The number of methoxy groups -OCH3 is 1. The molecule has 0 spiro atoms. The molecule has 1 N–H and O–H groups in total. The van der Waals surface area contributed by atoms with Crippen molar-refractivity contribution in [3.05, 3.63) is 65.2 Å². The summed E-state index contributed by atoms with van der Waals surface area (Å²) in [4.78, 5) is 23.7. The highest BCUT2D eigenvalue weighted by atomic mass is 16.5. The molecule has 0 heterocycles. The van der Waals surface area contributed by atoms with Crippen molar-refractivity contribution in [1.82, 2.24) is 0 Å². The van der Waals surface area contributed by atoms with Gasteiger partial charge in [-0.3, -0.25) is 4.79 Å². The van der Waals surface area contributed by atoms with Gasteiger partial charge in [0.2, 0.25) is 5.91 Å². The summed E-state index contributed by atoms with van der Waals surface area (Å²) in [6, 6.07) is 14.4. The molecule has 1 unspecified atom stereocenters. The zero-order valence-corrected chi connectivity index (χ0v) is 15.3. The van der Waals surface area contributed by atoms with Gasteiger partial charge in [-0.2, -0.15) is 0 Å². The number of ether oxygens (including phenoxy) is 1. The van der Waals surface area contributed by atoms with Crippen molar-refractivity contribution in [2.45, 2.75) is 26.7 Å². The molecule has 1 amide bonds. The van der Waals surface area contributed by atoms with Crippen molar-refractivity contribution in [1.29, 1.82) is 0 Å². The van der Waals surface area contributed by atoms with Crippen LogP contribution in [-0.4, -0.2) is 19.0 Å². The highest BCUT2D eigenvalue weighted by molar-refractivity contribution is 5.92. The SMILES string of the molecule is CCCC(C)C(=O)Nc1cccc(C#Cc2cccc(C(=O)OC)c2)c1. The largest absolute Gasteiger partial charge is 0.465 e. The molecule has 4 heteroatoms. The zero-order chi connectivity index (χ0) is 18.9. The maximum absolute atomic E-state index is 12.1. The first kappa shape index (κ1) is 19.3. The second-order valence-corrected chi connectivity index (χ2v) is 6.08. The summed E-state index contributed by atoms with van der Waals surface area (Å²) in [5, 5.41) is 2.93. The first-order valence-corrected chi connectivity index (χ1v) is 8.64. The van der Waals surface area contributed by atoms with Crippen molar-refractivity contribution in [3.63, 3.8) is 0 Å². The number of esters is 1. The van der Waals surface area contributed by atoms with Gasteiger partial charge in [-0.25, -0.2) is 4.79 Å². The molecule has 0 fully saturated rings. The smallest absolute Gasteiger partial charge is 0.337 e. The molecule has 2 aromatic carbocycles. The zero-order valence-electron chi connectivity index (χ0n) is 15.3. The lowest BCUT2D eigenvalue weighted by Crippen LogP contribution is -2.20. The predicted octanol–water partition coefficient (Wildman–Crippen LogP) is 4.25. The molecule has 0 aromatic heterocycles. The van der Waals surface area contributed by atoms with Gasteiger partial charge in [0.15, 0.2) is 0 Å². The van der Waals surface area contributed by atoms with E-state index in [1.165, 1.54) is 7.11 Å². The van der Waals surface area contributed by atoms with Gasteiger partial charge in [-0.15, -0.1) is 0 Å². The van der Waals surface area contributed by atoms with E-state index in [4.69, 9.17) is 4.74 Å². The highest BCUT2D eigenvalue weighted by Gasteiger charge is 2.11. The van der Waals surface area contributed by atoms with Gasteiger partial charge in [0.1, 0.15) is 0 Å². The topological polar surface area (TPSA) is 55.4 Å². The van der Waals surface area contributed by atoms with E-state index < -0.39 is 0 Å². The number of amides is 1. The van der Waals surface area contributed by atoms with Gasteiger partial charge in [0.25, 0.3) is 0 Å². The third kappa shape index (κ3) is 5.49. The van der Waals surface area contributed by atoms with E-state index in [9.17, 15) is 9.59 Å². The van der Waals surface area contributed by atoms with Crippen LogP contribution in [0.1, 0.15) is 48.2 Å². The number of carbonyl (C=O) groups is 2. The Labute approximate surface area is 154 Å². The van der Waals surface area contributed by atoms with Crippen LogP contribution in [0.25, 0.3) is 0 Å². The average Bonchev–Trinajstić information content (AvgIpc) is 2.66. The lowest BCUT2D eigenvalue weighted by Gasteiger charge is -2.11. The number of carbonyl (C=O) groups excluding carboxylic acids is 2. The summed E-state index contributed by atoms with van der Waals surface area (Å²) in [7, 11) is 1.35. The Morgan fingerprint density at radius 3 is 2.38 bits per heavy atom. The summed E-state index contributed by atoms with van der Waals surface area (Å²) in [6.07, 6.45) is 1.84. The fraction of sp³-hybridized carbons (Fsp3) is 0.273. The first-order valence-electron chi connectivity index (χ1n) is 8.64. The summed E-state index contributed by atoms with van der Waals surface area (Å²) >= 11 is 0.